The second-order valence-corrected chi connectivity index (χ2v) is 11.7. The predicted octanol–water partition coefficient (Wildman–Crippen LogP) is 5.07. The Hall–Kier alpha value is -5.50. The summed E-state index contributed by atoms with van der Waals surface area (Å²) in [6.07, 6.45) is 5.80. The van der Waals surface area contributed by atoms with E-state index in [0.717, 1.165) is 19.3 Å². The van der Waals surface area contributed by atoms with Crippen LogP contribution in [0, 0.1) is 0 Å². The summed E-state index contributed by atoms with van der Waals surface area (Å²) < 4.78 is 12.2. The minimum atomic E-state index is -2.18. The lowest BCUT2D eigenvalue weighted by Crippen LogP contribution is -2.44. The van der Waals surface area contributed by atoms with Gasteiger partial charge in [0, 0.05) is 44.4 Å². The molecule has 46 heavy (non-hydrogen) atoms. The highest BCUT2D eigenvalue weighted by Crippen LogP contribution is 2.53. The SMILES string of the molecule is CN(C)c1c2c(O)cc(N3CCCCC3)c1OC(=O)[C@@](C)(N=C=O)C(c1ccccc1)=C(c1ccccc1)[C@](C)(N=C=O)C(=O)O2. The van der Waals surface area contributed by atoms with Crippen molar-refractivity contribution >= 4 is 46.6 Å². The van der Waals surface area contributed by atoms with Gasteiger partial charge in [0.2, 0.25) is 12.2 Å². The molecule has 2 aliphatic heterocycles. The molecule has 0 aromatic heterocycles. The van der Waals surface area contributed by atoms with E-state index >= 15 is 0 Å². The fraction of sp³-hybridized carbons (Fsp3) is 0.314. The lowest BCUT2D eigenvalue weighted by atomic mass is 9.74. The average Bonchev–Trinajstić information content (AvgIpc) is 3.06. The summed E-state index contributed by atoms with van der Waals surface area (Å²) in [5, 5.41) is 11.4. The number of fused-ring (bicyclic) bond motifs is 2. The fourth-order valence-corrected chi connectivity index (χ4v) is 6.10. The molecule has 2 atom stereocenters. The lowest BCUT2D eigenvalue weighted by Gasteiger charge is -2.34. The number of phenolic OH excluding ortho intramolecular Hbond substituents is 1. The van der Waals surface area contributed by atoms with E-state index in [1.807, 2.05) is 4.90 Å². The molecule has 0 spiro atoms. The number of isocyanates is 2. The Morgan fingerprint density at radius 1 is 0.761 bits per heavy atom. The van der Waals surface area contributed by atoms with Crippen molar-refractivity contribution in [3.63, 3.8) is 0 Å². The highest BCUT2D eigenvalue weighted by molar-refractivity contribution is 6.15. The first-order valence-electron chi connectivity index (χ1n) is 14.9. The minimum absolute atomic E-state index is 0.000915. The summed E-state index contributed by atoms with van der Waals surface area (Å²) >= 11 is 0. The second kappa shape index (κ2) is 12.9. The number of anilines is 2. The molecule has 236 valence electrons. The number of piperidine rings is 1. The van der Waals surface area contributed by atoms with Crippen molar-refractivity contribution in [1.29, 1.82) is 0 Å². The highest BCUT2D eigenvalue weighted by atomic mass is 16.6. The summed E-state index contributed by atoms with van der Waals surface area (Å²) in [5.41, 5.74) is -3.00. The molecule has 0 amide bonds. The zero-order valence-electron chi connectivity index (χ0n) is 26.1. The lowest BCUT2D eigenvalue weighted by molar-refractivity contribution is -0.138. The number of hydrogen-bond donors (Lipinski definition) is 1. The van der Waals surface area contributed by atoms with Crippen LogP contribution >= 0.6 is 0 Å². The molecule has 3 aromatic carbocycles. The maximum atomic E-state index is 14.7. The number of rotatable bonds is 6. The molecule has 1 fully saturated rings. The van der Waals surface area contributed by atoms with Gasteiger partial charge in [0.15, 0.2) is 28.3 Å². The zero-order valence-corrected chi connectivity index (χ0v) is 26.1. The van der Waals surface area contributed by atoms with Crippen LogP contribution in [0.25, 0.3) is 11.1 Å². The van der Waals surface area contributed by atoms with Gasteiger partial charge in [-0.1, -0.05) is 60.7 Å². The number of aliphatic imine (C=N–C) groups is 2. The van der Waals surface area contributed by atoms with E-state index < -0.39 is 28.8 Å². The van der Waals surface area contributed by atoms with Gasteiger partial charge in [-0.15, -0.1) is 0 Å². The smallest absolute Gasteiger partial charge is 0.344 e. The van der Waals surface area contributed by atoms with E-state index in [-0.39, 0.29) is 28.3 Å². The van der Waals surface area contributed by atoms with Crippen LogP contribution in [0.5, 0.6) is 17.2 Å². The quantitative estimate of drug-likeness (QED) is 0.173. The van der Waals surface area contributed by atoms with Gasteiger partial charge in [0.25, 0.3) is 0 Å². The normalized spacial score (nSPS) is 21.6. The van der Waals surface area contributed by atoms with Crippen molar-refractivity contribution < 1.29 is 33.8 Å². The number of phenols is 1. The largest absolute Gasteiger partial charge is 0.504 e. The summed E-state index contributed by atoms with van der Waals surface area (Å²) in [4.78, 5) is 65.0. The number of hydrogen-bond acceptors (Lipinski definition) is 11. The molecular formula is C35H34N4O7. The van der Waals surface area contributed by atoms with Gasteiger partial charge >= 0.3 is 11.9 Å². The summed E-state index contributed by atoms with van der Waals surface area (Å²) in [6.45, 7) is 3.98. The third-order valence-corrected chi connectivity index (χ3v) is 8.38. The van der Waals surface area contributed by atoms with E-state index in [0.29, 0.717) is 29.9 Å². The van der Waals surface area contributed by atoms with Gasteiger partial charge in [-0.05, 0) is 44.2 Å². The van der Waals surface area contributed by atoms with Crippen LogP contribution in [0.1, 0.15) is 44.2 Å². The molecule has 11 nitrogen and oxygen atoms in total. The first-order valence-corrected chi connectivity index (χ1v) is 14.9. The van der Waals surface area contributed by atoms with Gasteiger partial charge in [0.1, 0.15) is 5.69 Å². The first kappa shape index (κ1) is 31.9. The maximum Gasteiger partial charge on any atom is 0.344 e. The predicted molar refractivity (Wildman–Crippen MR) is 173 cm³/mol. The van der Waals surface area contributed by atoms with Crippen molar-refractivity contribution in [2.24, 2.45) is 9.98 Å². The van der Waals surface area contributed by atoms with Crippen molar-refractivity contribution in [3.05, 3.63) is 77.9 Å². The molecule has 2 heterocycles. The highest BCUT2D eigenvalue weighted by Gasteiger charge is 2.51. The Morgan fingerprint density at radius 2 is 1.22 bits per heavy atom. The number of esters is 2. The standard InChI is InChI=1S/C35H34N4O7/c1-34(36-21-40)27(23-14-8-5-9-15-23)28(24-16-10-6-11-17-24)35(2,37-22-41)33(44)46-31-26(42)20-25(39-18-12-7-13-19-39)30(45-32(34)43)29(31)38(3)4/h5-6,8-11,14-17,20,42H,7,12-13,18-19H2,1-4H3/t34-,35-/m0/s1. The van der Waals surface area contributed by atoms with E-state index in [1.165, 1.54) is 32.1 Å². The Labute approximate surface area is 266 Å². The van der Waals surface area contributed by atoms with E-state index in [1.54, 1.807) is 79.7 Å². The van der Waals surface area contributed by atoms with Crippen LogP contribution in [0.15, 0.2) is 76.7 Å². The van der Waals surface area contributed by atoms with Gasteiger partial charge in [0.05, 0.1) is 5.69 Å². The van der Waals surface area contributed by atoms with E-state index in [4.69, 9.17) is 9.47 Å². The van der Waals surface area contributed by atoms with Crippen molar-refractivity contribution in [1.82, 2.24) is 0 Å². The van der Waals surface area contributed by atoms with Crippen LogP contribution in [-0.4, -0.2) is 67.5 Å². The Kier molecular flexibility index (Phi) is 8.91. The number of nitrogens with zero attached hydrogens (tertiary/aromatic N) is 4. The number of aromatic hydroxyl groups is 1. The van der Waals surface area contributed by atoms with Gasteiger partial charge in [-0.2, -0.15) is 9.98 Å². The number of carbonyl (C=O) groups is 2. The molecule has 5 rings (SSSR count). The number of ether oxygens (including phenoxy) is 2. The van der Waals surface area contributed by atoms with E-state index in [9.17, 15) is 24.3 Å². The van der Waals surface area contributed by atoms with Gasteiger partial charge in [-0.3, -0.25) is 0 Å². The van der Waals surface area contributed by atoms with Gasteiger partial charge < -0.3 is 24.4 Å². The molecule has 0 unspecified atom stereocenters. The second-order valence-electron chi connectivity index (χ2n) is 11.7. The van der Waals surface area contributed by atoms with Crippen molar-refractivity contribution in [3.8, 4) is 17.2 Å². The zero-order chi connectivity index (χ0) is 33.1. The van der Waals surface area contributed by atoms with Crippen LogP contribution in [0.4, 0.5) is 11.4 Å². The number of carbonyl (C=O) groups excluding carboxylic acids is 4. The molecule has 0 saturated carbocycles. The van der Waals surface area contributed by atoms with Gasteiger partial charge in [-0.25, -0.2) is 19.2 Å². The first-order chi connectivity index (χ1) is 22.1. The third-order valence-electron chi connectivity index (χ3n) is 8.38. The topological polar surface area (TPSA) is 138 Å². The summed E-state index contributed by atoms with van der Waals surface area (Å²) in [5.74, 6) is -2.74. The molecule has 1 N–H and O–H groups in total. The van der Waals surface area contributed by atoms with Crippen LogP contribution < -0.4 is 19.3 Å². The van der Waals surface area contributed by atoms with Crippen LogP contribution in [-0.2, 0) is 19.2 Å². The monoisotopic (exact) mass is 622 g/mol. The molecule has 2 aliphatic rings. The Balaban J connectivity index is 1.97. The van der Waals surface area contributed by atoms with Crippen LogP contribution in [0.3, 0.4) is 0 Å². The molecule has 11 heteroatoms. The molecule has 1 saturated heterocycles. The van der Waals surface area contributed by atoms with Crippen molar-refractivity contribution in [2.45, 2.75) is 44.2 Å². The van der Waals surface area contributed by atoms with Crippen LogP contribution in [0.2, 0.25) is 0 Å². The molecule has 0 aliphatic carbocycles. The Bertz CT molecular complexity index is 1790. The van der Waals surface area contributed by atoms with E-state index in [2.05, 4.69) is 9.98 Å². The summed E-state index contributed by atoms with van der Waals surface area (Å²) in [6, 6.07) is 18.4. The third kappa shape index (κ3) is 5.58. The Morgan fingerprint density at radius 3 is 1.65 bits per heavy atom. The maximum absolute atomic E-state index is 14.7. The minimum Gasteiger partial charge on any atom is -0.504 e. The fourth-order valence-electron chi connectivity index (χ4n) is 6.10. The average molecular weight is 623 g/mol. The molecule has 3 aromatic rings. The molecular weight excluding hydrogens is 588 g/mol. The molecule has 0 radical (unpaired) electrons. The van der Waals surface area contributed by atoms with Crippen molar-refractivity contribution in [2.75, 3.05) is 37.0 Å². The molecule has 2 bridgehead atoms. The summed E-state index contributed by atoms with van der Waals surface area (Å²) in [7, 11) is 3.27. The number of benzene rings is 3.